The molecule has 0 fully saturated rings. The van der Waals surface area contributed by atoms with Crippen molar-refractivity contribution in [3.8, 4) is 33.4 Å². The third-order valence-electron chi connectivity index (χ3n) is 8.75. The topological polar surface area (TPSA) is 19.0 Å². The van der Waals surface area contributed by atoms with Crippen molar-refractivity contribution >= 4 is 49.6 Å². The molecule has 1 aliphatic carbocycles. The van der Waals surface area contributed by atoms with Gasteiger partial charge < -0.3 is 9.88 Å². The van der Waals surface area contributed by atoms with E-state index in [2.05, 4.69) is 162 Å². The van der Waals surface area contributed by atoms with Crippen LogP contribution in [0.15, 0.2) is 152 Å². The van der Waals surface area contributed by atoms with Gasteiger partial charge in [-0.25, -0.2) is 0 Å². The average Bonchev–Trinajstić information content (AvgIpc) is 3.59. The number of aromatic amines is 1. The minimum absolute atomic E-state index is 1.13. The summed E-state index contributed by atoms with van der Waals surface area (Å²) in [6, 6.07) is 55.0. The number of hydrogen-bond donors (Lipinski definition) is 1. The van der Waals surface area contributed by atoms with Gasteiger partial charge in [-0.05, 0) is 87.3 Å². The largest absolute Gasteiger partial charge is 0.355 e. The molecule has 0 spiro atoms. The Morgan fingerprint density at radius 3 is 1.83 bits per heavy atom. The standard InChI is InChI=1S/C40H26N2/c1-2-9-28(10-3-1)42(39-24-22-34-31-12-5-4-11-30(31)33-14-8-15-35(39)40(33)34)29-20-17-26(18-21-29)27-19-23-38-36(25-27)32-13-6-7-16-37(32)41-38/h1-25,41H. The van der Waals surface area contributed by atoms with Crippen molar-refractivity contribution in [3.05, 3.63) is 152 Å². The summed E-state index contributed by atoms with van der Waals surface area (Å²) in [7, 11) is 0. The van der Waals surface area contributed by atoms with E-state index in [1.54, 1.807) is 0 Å². The number of anilines is 3. The number of benzene rings is 7. The minimum atomic E-state index is 1.13. The number of rotatable bonds is 4. The molecular weight excluding hydrogens is 508 g/mol. The normalized spacial score (nSPS) is 11.8. The van der Waals surface area contributed by atoms with E-state index in [4.69, 9.17) is 0 Å². The van der Waals surface area contributed by atoms with E-state index in [1.165, 1.54) is 71.6 Å². The lowest BCUT2D eigenvalue weighted by Gasteiger charge is -2.27. The smallest absolute Gasteiger partial charge is 0.0540 e. The van der Waals surface area contributed by atoms with Crippen molar-refractivity contribution in [1.82, 2.24) is 4.98 Å². The van der Waals surface area contributed by atoms with Crippen molar-refractivity contribution in [2.24, 2.45) is 0 Å². The van der Waals surface area contributed by atoms with E-state index >= 15 is 0 Å². The molecule has 8 aromatic rings. The summed E-state index contributed by atoms with van der Waals surface area (Å²) in [4.78, 5) is 5.93. The predicted molar refractivity (Wildman–Crippen MR) is 178 cm³/mol. The van der Waals surface area contributed by atoms with Crippen molar-refractivity contribution in [3.63, 3.8) is 0 Å². The number of nitrogens with zero attached hydrogens (tertiary/aromatic N) is 1. The maximum atomic E-state index is 3.54. The van der Waals surface area contributed by atoms with E-state index < -0.39 is 0 Å². The Balaban J connectivity index is 1.19. The molecule has 1 N–H and O–H groups in total. The first-order chi connectivity index (χ1) is 20.8. The van der Waals surface area contributed by atoms with Crippen LogP contribution in [0.4, 0.5) is 17.1 Å². The molecule has 196 valence electrons. The van der Waals surface area contributed by atoms with Gasteiger partial charge in [-0.15, -0.1) is 0 Å². The van der Waals surface area contributed by atoms with Crippen LogP contribution in [-0.4, -0.2) is 4.98 Å². The van der Waals surface area contributed by atoms with E-state index in [0.717, 1.165) is 11.4 Å². The zero-order valence-electron chi connectivity index (χ0n) is 22.9. The van der Waals surface area contributed by atoms with Gasteiger partial charge in [0.1, 0.15) is 0 Å². The molecule has 2 heteroatoms. The first-order valence-electron chi connectivity index (χ1n) is 14.5. The highest BCUT2D eigenvalue weighted by atomic mass is 15.1. The molecule has 0 aliphatic heterocycles. The molecule has 42 heavy (non-hydrogen) atoms. The summed E-state index contributed by atoms with van der Waals surface area (Å²) in [5, 5.41) is 5.11. The van der Waals surface area contributed by atoms with Gasteiger partial charge in [-0.1, -0.05) is 103 Å². The van der Waals surface area contributed by atoms with Crippen LogP contribution in [0, 0.1) is 0 Å². The number of fused-ring (bicyclic) bond motifs is 6. The highest BCUT2D eigenvalue weighted by molar-refractivity contribution is 6.19. The van der Waals surface area contributed by atoms with Crippen molar-refractivity contribution in [1.29, 1.82) is 0 Å². The van der Waals surface area contributed by atoms with Gasteiger partial charge in [0, 0.05) is 38.6 Å². The second-order valence-corrected chi connectivity index (χ2v) is 11.1. The molecule has 9 rings (SSSR count). The van der Waals surface area contributed by atoms with E-state index in [0.29, 0.717) is 0 Å². The molecule has 0 amide bonds. The van der Waals surface area contributed by atoms with Gasteiger partial charge in [0.15, 0.2) is 0 Å². The molecule has 1 heterocycles. The molecule has 7 aromatic carbocycles. The molecule has 0 bridgehead atoms. The summed E-state index contributed by atoms with van der Waals surface area (Å²) in [5.41, 5.74) is 13.5. The van der Waals surface area contributed by atoms with Gasteiger partial charge in [0.25, 0.3) is 0 Å². The third kappa shape index (κ3) is 3.39. The van der Waals surface area contributed by atoms with Crippen molar-refractivity contribution < 1.29 is 0 Å². The van der Waals surface area contributed by atoms with Gasteiger partial charge in [-0.3, -0.25) is 0 Å². The number of H-pyrrole nitrogens is 1. The fourth-order valence-electron chi connectivity index (χ4n) is 6.82. The quantitative estimate of drug-likeness (QED) is 0.238. The molecule has 0 unspecified atom stereocenters. The summed E-state index contributed by atoms with van der Waals surface area (Å²) < 4.78 is 0. The lowest BCUT2D eigenvalue weighted by Crippen LogP contribution is -2.10. The molecule has 1 aromatic heterocycles. The Morgan fingerprint density at radius 2 is 1.00 bits per heavy atom. The molecule has 0 saturated heterocycles. The van der Waals surface area contributed by atoms with Crippen LogP contribution >= 0.6 is 0 Å². The number of hydrogen-bond acceptors (Lipinski definition) is 1. The third-order valence-corrected chi connectivity index (χ3v) is 8.75. The summed E-state index contributed by atoms with van der Waals surface area (Å²) in [6.45, 7) is 0. The van der Waals surface area contributed by atoms with E-state index in [-0.39, 0.29) is 0 Å². The first-order valence-corrected chi connectivity index (χ1v) is 14.5. The summed E-state index contributed by atoms with van der Waals surface area (Å²) >= 11 is 0. The summed E-state index contributed by atoms with van der Waals surface area (Å²) in [5.74, 6) is 0. The lowest BCUT2D eigenvalue weighted by atomic mass is 9.99. The number of para-hydroxylation sites is 2. The van der Waals surface area contributed by atoms with Crippen molar-refractivity contribution in [2.45, 2.75) is 0 Å². The van der Waals surface area contributed by atoms with Crippen molar-refractivity contribution in [2.75, 3.05) is 4.90 Å². The highest BCUT2D eigenvalue weighted by Crippen LogP contribution is 2.51. The van der Waals surface area contributed by atoms with E-state index in [9.17, 15) is 0 Å². The van der Waals surface area contributed by atoms with Crippen LogP contribution in [0.5, 0.6) is 0 Å². The van der Waals surface area contributed by atoms with Crippen LogP contribution in [0.3, 0.4) is 0 Å². The van der Waals surface area contributed by atoms with Crippen LogP contribution < -0.4 is 4.90 Å². The van der Waals surface area contributed by atoms with Gasteiger partial charge in [0.05, 0.1) is 5.69 Å². The van der Waals surface area contributed by atoms with E-state index in [1.807, 2.05) is 0 Å². The van der Waals surface area contributed by atoms with Crippen LogP contribution in [0.2, 0.25) is 0 Å². The minimum Gasteiger partial charge on any atom is -0.355 e. The Morgan fingerprint density at radius 1 is 0.381 bits per heavy atom. The first kappa shape index (κ1) is 23.1. The fraction of sp³-hybridized carbons (Fsp3) is 0. The van der Waals surface area contributed by atoms with Crippen LogP contribution in [-0.2, 0) is 0 Å². The fourth-order valence-corrected chi connectivity index (χ4v) is 6.82. The predicted octanol–water partition coefficient (Wildman–Crippen LogP) is 11.3. The Hall–Kier alpha value is -5.60. The summed E-state index contributed by atoms with van der Waals surface area (Å²) in [6.07, 6.45) is 0. The molecule has 0 atom stereocenters. The monoisotopic (exact) mass is 534 g/mol. The maximum absolute atomic E-state index is 3.54. The second-order valence-electron chi connectivity index (χ2n) is 11.1. The number of aromatic nitrogens is 1. The molecule has 1 aliphatic rings. The Bertz CT molecular complexity index is 2260. The SMILES string of the molecule is c1ccc(N(c2ccc(-c3ccc4[nH]c5ccccc5c4c3)cc2)c2ccc3c4c(cccc24)-c2ccccc2-3)cc1. The molecule has 0 radical (unpaired) electrons. The van der Waals surface area contributed by atoms with Gasteiger partial charge in [0.2, 0.25) is 0 Å². The van der Waals surface area contributed by atoms with Crippen LogP contribution in [0.25, 0.3) is 66.0 Å². The average molecular weight is 535 g/mol. The second kappa shape index (κ2) is 8.95. The maximum Gasteiger partial charge on any atom is 0.0540 e. The Kier molecular flexibility index (Phi) is 4.93. The zero-order valence-corrected chi connectivity index (χ0v) is 22.9. The zero-order chi connectivity index (χ0) is 27.6. The highest BCUT2D eigenvalue weighted by Gasteiger charge is 2.24. The molecule has 2 nitrogen and oxygen atoms in total. The lowest BCUT2D eigenvalue weighted by molar-refractivity contribution is 1.30. The van der Waals surface area contributed by atoms with Gasteiger partial charge >= 0.3 is 0 Å². The van der Waals surface area contributed by atoms with Crippen LogP contribution in [0.1, 0.15) is 0 Å². The van der Waals surface area contributed by atoms with Gasteiger partial charge in [-0.2, -0.15) is 0 Å². The molecule has 0 saturated carbocycles. The Labute approximate surface area is 244 Å². The molecular formula is C40H26N2. The number of nitrogens with one attached hydrogen (secondary N) is 1.